The number of halogens is 1. The first-order valence-corrected chi connectivity index (χ1v) is 16.5. The van der Waals surface area contributed by atoms with E-state index in [1.807, 2.05) is 38.1 Å². The third kappa shape index (κ3) is 7.27. The van der Waals surface area contributed by atoms with E-state index in [0.717, 1.165) is 29.7 Å². The largest absolute Gasteiger partial charge is 0.345 e. The molecule has 1 fully saturated rings. The standard InChI is InChI=1S/C30H31ClN6O4S2/c1-20-8-9-21(2)26(16-20)33-28(38)19-42-30-35-34-27(37(30)24-7-5-6-23(31)17-24)18-32-29(39)22-10-12-25(13-11-22)43(40,41)36-14-3-4-15-36/h5-13,16-17H,3-4,14-15,18-19H2,1-2H3,(H,32,39)(H,33,38). The molecule has 2 heterocycles. The predicted molar refractivity (Wildman–Crippen MR) is 167 cm³/mol. The van der Waals surface area contributed by atoms with Crippen LogP contribution in [0.3, 0.4) is 0 Å². The van der Waals surface area contributed by atoms with Gasteiger partial charge in [-0.05, 0) is 86.3 Å². The molecule has 43 heavy (non-hydrogen) atoms. The van der Waals surface area contributed by atoms with Crippen molar-refractivity contribution in [3.8, 4) is 5.69 Å². The molecule has 224 valence electrons. The minimum Gasteiger partial charge on any atom is -0.345 e. The number of sulfonamides is 1. The van der Waals surface area contributed by atoms with Crippen molar-refractivity contribution < 1.29 is 18.0 Å². The number of nitrogens with one attached hydrogen (secondary N) is 2. The first-order valence-electron chi connectivity index (χ1n) is 13.7. The van der Waals surface area contributed by atoms with Crippen molar-refractivity contribution in [3.63, 3.8) is 0 Å². The average Bonchev–Trinajstić information content (AvgIpc) is 3.68. The molecule has 1 aromatic heterocycles. The molecular weight excluding hydrogens is 608 g/mol. The van der Waals surface area contributed by atoms with Crippen LogP contribution in [0.25, 0.3) is 5.69 Å². The predicted octanol–water partition coefficient (Wildman–Crippen LogP) is 4.98. The molecular formula is C30H31ClN6O4S2. The lowest BCUT2D eigenvalue weighted by atomic mass is 10.1. The van der Waals surface area contributed by atoms with Gasteiger partial charge in [0.05, 0.1) is 22.9 Å². The van der Waals surface area contributed by atoms with E-state index >= 15 is 0 Å². The van der Waals surface area contributed by atoms with Crippen molar-refractivity contribution in [1.29, 1.82) is 0 Å². The molecule has 0 saturated carbocycles. The molecule has 4 aromatic rings. The van der Waals surface area contributed by atoms with Crippen LogP contribution in [0.4, 0.5) is 5.69 Å². The van der Waals surface area contributed by atoms with Gasteiger partial charge in [0.2, 0.25) is 15.9 Å². The van der Waals surface area contributed by atoms with Crippen molar-refractivity contribution in [2.45, 2.75) is 43.3 Å². The summed E-state index contributed by atoms with van der Waals surface area (Å²) in [5.41, 5.74) is 3.76. The number of carbonyl (C=O) groups excluding carboxylic acids is 2. The summed E-state index contributed by atoms with van der Waals surface area (Å²) < 4.78 is 28.8. The Morgan fingerprint density at radius 3 is 2.44 bits per heavy atom. The number of amides is 2. The summed E-state index contributed by atoms with van der Waals surface area (Å²) in [4.78, 5) is 25.9. The van der Waals surface area contributed by atoms with E-state index in [0.29, 0.717) is 40.3 Å². The van der Waals surface area contributed by atoms with E-state index < -0.39 is 15.9 Å². The highest BCUT2D eigenvalue weighted by atomic mass is 35.5. The fraction of sp³-hybridized carbons (Fsp3) is 0.267. The van der Waals surface area contributed by atoms with E-state index in [1.165, 1.54) is 40.3 Å². The third-order valence-corrected chi connectivity index (χ3v) is 10.1. The van der Waals surface area contributed by atoms with E-state index in [4.69, 9.17) is 11.6 Å². The van der Waals surface area contributed by atoms with Gasteiger partial charge in [0, 0.05) is 29.4 Å². The number of hydrogen-bond donors (Lipinski definition) is 2. The Balaban J connectivity index is 1.29. The molecule has 0 aliphatic carbocycles. The number of hydrogen-bond acceptors (Lipinski definition) is 7. The van der Waals surface area contributed by atoms with Gasteiger partial charge in [0.1, 0.15) is 0 Å². The summed E-state index contributed by atoms with van der Waals surface area (Å²) >= 11 is 7.48. The Morgan fingerprint density at radius 1 is 0.977 bits per heavy atom. The number of aryl methyl sites for hydroxylation is 2. The Morgan fingerprint density at radius 2 is 1.72 bits per heavy atom. The summed E-state index contributed by atoms with van der Waals surface area (Å²) in [7, 11) is -3.57. The van der Waals surface area contributed by atoms with Crippen LogP contribution in [0.15, 0.2) is 76.8 Å². The van der Waals surface area contributed by atoms with Gasteiger partial charge >= 0.3 is 0 Å². The molecule has 1 saturated heterocycles. The number of aromatic nitrogens is 3. The first kappa shape index (κ1) is 30.7. The number of rotatable bonds is 10. The lowest BCUT2D eigenvalue weighted by Gasteiger charge is -2.15. The Kier molecular flexibility index (Phi) is 9.50. The molecule has 2 amide bonds. The fourth-order valence-corrected chi connectivity index (χ4v) is 7.16. The van der Waals surface area contributed by atoms with Gasteiger partial charge in [-0.15, -0.1) is 10.2 Å². The summed E-state index contributed by atoms with van der Waals surface area (Å²) in [6.07, 6.45) is 1.69. The number of nitrogens with zero attached hydrogens (tertiary/aromatic N) is 4. The lowest BCUT2D eigenvalue weighted by molar-refractivity contribution is -0.113. The number of thioether (sulfide) groups is 1. The summed E-state index contributed by atoms with van der Waals surface area (Å²) in [6, 6.07) is 18.9. The van der Waals surface area contributed by atoms with Crippen LogP contribution in [0.1, 0.15) is 40.2 Å². The van der Waals surface area contributed by atoms with Crippen molar-refractivity contribution in [2.24, 2.45) is 0 Å². The van der Waals surface area contributed by atoms with Gasteiger partial charge in [-0.1, -0.05) is 41.6 Å². The van der Waals surface area contributed by atoms with Gasteiger partial charge in [0.25, 0.3) is 5.91 Å². The second kappa shape index (κ2) is 13.3. The molecule has 0 bridgehead atoms. The van der Waals surface area contributed by atoms with Gasteiger partial charge in [0.15, 0.2) is 11.0 Å². The molecule has 13 heteroatoms. The molecule has 0 spiro atoms. The Labute approximate surface area is 259 Å². The number of carbonyl (C=O) groups is 2. The molecule has 0 unspecified atom stereocenters. The quantitative estimate of drug-likeness (QED) is 0.235. The average molecular weight is 639 g/mol. The van der Waals surface area contributed by atoms with Gasteiger partial charge < -0.3 is 10.6 Å². The molecule has 0 atom stereocenters. The fourth-order valence-electron chi connectivity index (χ4n) is 4.69. The topological polar surface area (TPSA) is 126 Å². The molecule has 2 N–H and O–H groups in total. The maximum absolute atomic E-state index is 13.0. The zero-order valence-electron chi connectivity index (χ0n) is 23.7. The zero-order valence-corrected chi connectivity index (χ0v) is 26.1. The van der Waals surface area contributed by atoms with Crippen molar-refractivity contribution in [2.75, 3.05) is 24.2 Å². The highest BCUT2D eigenvalue weighted by Crippen LogP contribution is 2.25. The normalized spacial score (nSPS) is 13.7. The third-order valence-electron chi connectivity index (χ3n) is 6.99. The second-order valence-corrected chi connectivity index (χ2v) is 13.5. The van der Waals surface area contributed by atoms with Crippen LogP contribution in [-0.2, 0) is 21.4 Å². The van der Waals surface area contributed by atoms with Crippen molar-refractivity contribution in [1.82, 2.24) is 24.4 Å². The second-order valence-electron chi connectivity index (χ2n) is 10.2. The Bertz CT molecular complexity index is 1750. The van der Waals surface area contributed by atoms with Crippen LogP contribution in [-0.4, -0.2) is 58.1 Å². The molecule has 10 nitrogen and oxygen atoms in total. The van der Waals surface area contributed by atoms with Crippen LogP contribution >= 0.6 is 23.4 Å². The van der Waals surface area contributed by atoms with E-state index in [-0.39, 0.29) is 23.1 Å². The first-order chi connectivity index (χ1) is 20.6. The minimum absolute atomic E-state index is 0.0292. The molecule has 5 rings (SSSR count). The maximum atomic E-state index is 13.0. The summed E-state index contributed by atoms with van der Waals surface area (Å²) in [5.74, 6) is -0.0657. The van der Waals surface area contributed by atoms with Gasteiger partial charge in [-0.25, -0.2) is 8.42 Å². The smallest absolute Gasteiger partial charge is 0.251 e. The zero-order chi connectivity index (χ0) is 30.6. The monoisotopic (exact) mass is 638 g/mol. The number of anilines is 1. The molecule has 1 aliphatic rings. The lowest BCUT2D eigenvalue weighted by Crippen LogP contribution is -2.28. The minimum atomic E-state index is -3.57. The van der Waals surface area contributed by atoms with Gasteiger partial charge in [-0.3, -0.25) is 14.2 Å². The van der Waals surface area contributed by atoms with Crippen molar-refractivity contribution >= 4 is 50.9 Å². The SMILES string of the molecule is Cc1ccc(C)c(NC(=O)CSc2nnc(CNC(=O)c3ccc(S(=O)(=O)N4CCCC4)cc3)n2-c2cccc(Cl)c2)c1. The van der Waals surface area contributed by atoms with Crippen LogP contribution in [0.5, 0.6) is 0 Å². The van der Waals surface area contributed by atoms with E-state index in [9.17, 15) is 18.0 Å². The number of benzene rings is 3. The van der Waals surface area contributed by atoms with Crippen LogP contribution in [0, 0.1) is 13.8 Å². The van der Waals surface area contributed by atoms with Crippen molar-refractivity contribution in [3.05, 3.63) is 94.3 Å². The molecule has 3 aromatic carbocycles. The summed E-state index contributed by atoms with van der Waals surface area (Å²) in [6.45, 7) is 4.95. The maximum Gasteiger partial charge on any atom is 0.251 e. The van der Waals surface area contributed by atoms with E-state index in [2.05, 4.69) is 20.8 Å². The van der Waals surface area contributed by atoms with Gasteiger partial charge in [-0.2, -0.15) is 4.31 Å². The van der Waals surface area contributed by atoms with Crippen LogP contribution < -0.4 is 10.6 Å². The highest BCUT2D eigenvalue weighted by molar-refractivity contribution is 7.99. The molecule has 0 radical (unpaired) electrons. The Hall–Kier alpha value is -3.71. The van der Waals surface area contributed by atoms with E-state index in [1.54, 1.807) is 22.8 Å². The van der Waals surface area contributed by atoms with Crippen LogP contribution in [0.2, 0.25) is 5.02 Å². The summed E-state index contributed by atoms with van der Waals surface area (Å²) in [5, 5.41) is 15.3. The molecule has 1 aliphatic heterocycles. The highest BCUT2D eigenvalue weighted by Gasteiger charge is 2.27.